The van der Waals surface area contributed by atoms with Crippen molar-refractivity contribution in [2.24, 2.45) is 0 Å². The van der Waals surface area contributed by atoms with Gasteiger partial charge in [0.2, 0.25) is 0 Å². The number of nitrogens with zero attached hydrogens (tertiary/aromatic N) is 2. The first kappa shape index (κ1) is 14.3. The summed E-state index contributed by atoms with van der Waals surface area (Å²) in [5.74, 6) is 0. The van der Waals surface area contributed by atoms with Gasteiger partial charge in [0.15, 0.2) is 0 Å². The summed E-state index contributed by atoms with van der Waals surface area (Å²) in [6.07, 6.45) is 0. The van der Waals surface area contributed by atoms with Gasteiger partial charge in [-0.2, -0.15) is 0 Å². The molecule has 8 heteroatoms. The Balaban J connectivity index is 2.30. The minimum absolute atomic E-state index is 0.0941. The van der Waals surface area contributed by atoms with Gasteiger partial charge in [-0.05, 0) is 23.8 Å². The van der Waals surface area contributed by atoms with E-state index in [4.69, 9.17) is 5.73 Å². The number of para-hydroxylation sites is 1. The summed E-state index contributed by atoms with van der Waals surface area (Å²) in [5, 5.41) is 24.7. The Morgan fingerprint density at radius 1 is 1.05 bits per heavy atom. The molecule has 2 rings (SSSR count). The molecular weight excluding hydrogens is 276 g/mol. The first-order chi connectivity index (χ1) is 9.99. The molecule has 0 amide bonds. The van der Waals surface area contributed by atoms with E-state index in [-0.39, 0.29) is 12.2 Å². The van der Waals surface area contributed by atoms with Crippen molar-refractivity contribution in [2.45, 2.75) is 6.54 Å². The molecule has 0 aliphatic carbocycles. The maximum Gasteiger partial charge on any atom is 0.368 e. The molecule has 0 radical (unpaired) electrons. The molecule has 0 saturated heterocycles. The van der Waals surface area contributed by atoms with Crippen molar-refractivity contribution in [3.05, 3.63) is 68.3 Å². The molecule has 0 saturated carbocycles. The molecule has 0 aliphatic heterocycles. The number of anilines is 2. The number of nitro benzene ring substituents is 2. The lowest BCUT2D eigenvalue weighted by atomic mass is 10.2. The highest BCUT2D eigenvalue weighted by Crippen LogP contribution is 2.34. The zero-order valence-corrected chi connectivity index (χ0v) is 10.9. The van der Waals surface area contributed by atoms with Crippen LogP contribution in [0.1, 0.15) is 5.56 Å². The molecule has 21 heavy (non-hydrogen) atoms. The van der Waals surface area contributed by atoms with Gasteiger partial charge in [-0.1, -0.05) is 18.2 Å². The summed E-state index contributed by atoms with van der Waals surface area (Å²) in [4.78, 5) is 20.4. The van der Waals surface area contributed by atoms with Gasteiger partial charge in [-0.15, -0.1) is 0 Å². The maximum absolute atomic E-state index is 11.1. The predicted octanol–water partition coefficient (Wildman–Crippen LogP) is 2.70. The van der Waals surface area contributed by atoms with Crippen LogP contribution in [0, 0.1) is 20.2 Å². The number of hydrogen-bond acceptors (Lipinski definition) is 6. The number of rotatable bonds is 5. The third-order valence-electron chi connectivity index (χ3n) is 2.83. The molecule has 0 unspecified atom stereocenters. The number of hydrogen-bond donors (Lipinski definition) is 2. The monoisotopic (exact) mass is 288 g/mol. The van der Waals surface area contributed by atoms with Crippen molar-refractivity contribution >= 4 is 22.7 Å². The van der Waals surface area contributed by atoms with Gasteiger partial charge >= 0.3 is 11.4 Å². The topological polar surface area (TPSA) is 124 Å². The molecule has 0 atom stereocenters. The number of nitrogens with one attached hydrogen (secondary N) is 1. The van der Waals surface area contributed by atoms with Crippen LogP contribution in [0.25, 0.3) is 0 Å². The summed E-state index contributed by atoms with van der Waals surface area (Å²) in [7, 11) is 0. The van der Waals surface area contributed by atoms with Crippen LogP contribution in [0.5, 0.6) is 0 Å². The number of nitro groups is 2. The normalized spacial score (nSPS) is 10.1. The maximum atomic E-state index is 11.1. The van der Waals surface area contributed by atoms with Crippen molar-refractivity contribution in [2.75, 3.05) is 11.1 Å². The number of benzene rings is 2. The van der Waals surface area contributed by atoms with Crippen molar-refractivity contribution in [3.63, 3.8) is 0 Å². The zero-order chi connectivity index (χ0) is 15.4. The second-order valence-corrected chi connectivity index (χ2v) is 4.29. The average molecular weight is 288 g/mol. The van der Waals surface area contributed by atoms with E-state index in [1.165, 1.54) is 12.1 Å². The largest absolute Gasteiger partial charge is 0.399 e. The molecule has 108 valence electrons. The first-order valence-electron chi connectivity index (χ1n) is 5.99. The Bertz CT molecular complexity index is 702. The van der Waals surface area contributed by atoms with Gasteiger partial charge < -0.3 is 11.1 Å². The van der Waals surface area contributed by atoms with Gasteiger partial charge in [-0.3, -0.25) is 20.2 Å². The fourth-order valence-corrected chi connectivity index (χ4v) is 1.91. The van der Waals surface area contributed by atoms with E-state index >= 15 is 0 Å². The lowest BCUT2D eigenvalue weighted by molar-refractivity contribution is -0.421. The first-order valence-corrected chi connectivity index (χ1v) is 5.99. The fourth-order valence-electron chi connectivity index (χ4n) is 1.91. The molecule has 2 aromatic carbocycles. The number of nitrogens with two attached hydrogens (primary N) is 1. The molecule has 0 spiro atoms. The van der Waals surface area contributed by atoms with Crippen molar-refractivity contribution < 1.29 is 9.85 Å². The van der Waals surface area contributed by atoms with E-state index in [0.29, 0.717) is 5.69 Å². The SMILES string of the molecule is Nc1cccc(CNc2cccc([N+](=O)[O-])c2[N+](=O)[O-])c1. The highest BCUT2D eigenvalue weighted by Gasteiger charge is 2.27. The summed E-state index contributed by atoms with van der Waals surface area (Å²) in [6.45, 7) is 0.271. The van der Waals surface area contributed by atoms with Crippen molar-refractivity contribution in [1.82, 2.24) is 0 Å². The van der Waals surface area contributed by atoms with E-state index in [9.17, 15) is 20.2 Å². The minimum atomic E-state index is -0.774. The van der Waals surface area contributed by atoms with E-state index in [1.807, 2.05) is 0 Å². The molecule has 0 heterocycles. The number of nitrogen functional groups attached to an aromatic ring is 1. The van der Waals surface area contributed by atoms with Crippen LogP contribution in [0.4, 0.5) is 22.7 Å². The van der Waals surface area contributed by atoms with Crippen LogP contribution in [-0.2, 0) is 6.54 Å². The van der Waals surface area contributed by atoms with Crippen LogP contribution >= 0.6 is 0 Å². The van der Waals surface area contributed by atoms with Crippen LogP contribution in [0.3, 0.4) is 0 Å². The summed E-state index contributed by atoms with van der Waals surface area (Å²) in [5.41, 5.74) is 6.03. The third-order valence-corrected chi connectivity index (χ3v) is 2.83. The molecule has 8 nitrogen and oxygen atoms in total. The Morgan fingerprint density at radius 2 is 1.76 bits per heavy atom. The smallest absolute Gasteiger partial charge is 0.368 e. The van der Waals surface area contributed by atoms with Crippen LogP contribution in [0.2, 0.25) is 0 Å². The Labute approximate surface area is 119 Å². The second kappa shape index (κ2) is 5.87. The lowest BCUT2D eigenvalue weighted by Gasteiger charge is -2.07. The molecule has 0 aliphatic rings. The van der Waals surface area contributed by atoms with E-state index < -0.39 is 21.2 Å². The lowest BCUT2D eigenvalue weighted by Crippen LogP contribution is -2.05. The summed E-state index contributed by atoms with van der Waals surface area (Å²) < 4.78 is 0. The van der Waals surface area contributed by atoms with Gasteiger partial charge in [-0.25, -0.2) is 0 Å². The van der Waals surface area contributed by atoms with E-state index in [1.54, 1.807) is 24.3 Å². The van der Waals surface area contributed by atoms with Gasteiger partial charge in [0.1, 0.15) is 5.69 Å². The van der Waals surface area contributed by atoms with Crippen molar-refractivity contribution in [1.29, 1.82) is 0 Å². The third kappa shape index (κ3) is 3.24. The van der Waals surface area contributed by atoms with E-state index in [2.05, 4.69) is 5.32 Å². The fraction of sp³-hybridized carbons (Fsp3) is 0.0769. The Morgan fingerprint density at radius 3 is 2.38 bits per heavy atom. The standard InChI is InChI=1S/C13H12N4O4/c14-10-4-1-3-9(7-10)8-15-11-5-2-6-12(16(18)19)13(11)17(20)21/h1-7,15H,8,14H2. The van der Waals surface area contributed by atoms with Gasteiger partial charge in [0.05, 0.1) is 9.85 Å². The second-order valence-electron chi connectivity index (χ2n) is 4.29. The van der Waals surface area contributed by atoms with Gasteiger partial charge in [0.25, 0.3) is 0 Å². The molecule has 3 N–H and O–H groups in total. The van der Waals surface area contributed by atoms with Crippen LogP contribution < -0.4 is 11.1 Å². The molecule has 0 aromatic heterocycles. The van der Waals surface area contributed by atoms with Gasteiger partial charge in [0, 0.05) is 18.3 Å². The quantitative estimate of drug-likeness (QED) is 0.495. The molecule has 2 aromatic rings. The Hall–Kier alpha value is -3.16. The molecule has 0 fully saturated rings. The Kier molecular flexibility index (Phi) is 3.98. The summed E-state index contributed by atoms with van der Waals surface area (Å²) in [6, 6.07) is 10.9. The highest BCUT2D eigenvalue weighted by molar-refractivity contribution is 5.71. The van der Waals surface area contributed by atoms with Crippen molar-refractivity contribution in [3.8, 4) is 0 Å². The van der Waals surface area contributed by atoms with E-state index in [0.717, 1.165) is 11.6 Å². The predicted molar refractivity (Wildman–Crippen MR) is 77.9 cm³/mol. The minimum Gasteiger partial charge on any atom is -0.399 e. The zero-order valence-electron chi connectivity index (χ0n) is 10.9. The molecule has 0 bridgehead atoms. The van der Waals surface area contributed by atoms with Crippen LogP contribution in [0.15, 0.2) is 42.5 Å². The molecular formula is C13H12N4O4. The highest BCUT2D eigenvalue weighted by atomic mass is 16.6. The van der Waals surface area contributed by atoms with Crippen LogP contribution in [-0.4, -0.2) is 9.85 Å². The average Bonchev–Trinajstić information content (AvgIpc) is 2.44. The summed E-state index contributed by atoms with van der Waals surface area (Å²) >= 11 is 0.